The zero-order chi connectivity index (χ0) is 15.8. The second-order valence-corrected chi connectivity index (χ2v) is 5.81. The minimum absolute atomic E-state index is 0.0985. The van der Waals surface area contributed by atoms with Crippen LogP contribution in [-0.4, -0.2) is 65.1 Å². The molecule has 0 heterocycles. The Morgan fingerprint density at radius 2 is 1.90 bits per heavy atom. The number of nitrogens with zero attached hydrogens (tertiary/aromatic N) is 1. The van der Waals surface area contributed by atoms with Gasteiger partial charge in [0.1, 0.15) is 24.9 Å². The van der Waals surface area contributed by atoms with E-state index in [0.717, 1.165) is 0 Å². The van der Waals surface area contributed by atoms with Gasteiger partial charge in [0.2, 0.25) is 0 Å². The van der Waals surface area contributed by atoms with Crippen LogP contribution in [-0.2, 0) is 14.2 Å². The van der Waals surface area contributed by atoms with E-state index in [2.05, 4.69) is 9.24 Å². The predicted octanol–water partition coefficient (Wildman–Crippen LogP) is -0.400. The van der Waals surface area contributed by atoms with E-state index in [1.807, 2.05) is 0 Å². The normalized spacial score (nSPS) is 18.1. The Hall–Kier alpha value is -0.320. The minimum atomic E-state index is -1.37. The van der Waals surface area contributed by atoms with Gasteiger partial charge in [-0.1, -0.05) is 0 Å². The fraction of sp³-hybridized carbons (Fsp3) is 0.917. The summed E-state index contributed by atoms with van der Waals surface area (Å²) in [6, 6.07) is 1.76. The first-order valence-electron chi connectivity index (χ1n) is 6.25. The van der Waals surface area contributed by atoms with Gasteiger partial charge in [-0.3, -0.25) is 0 Å². The number of aliphatic hydroxyl groups excluding tert-OH is 2. The van der Waals surface area contributed by atoms with Gasteiger partial charge < -0.3 is 29.5 Å². The van der Waals surface area contributed by atoms with E-state index in [0.29, 0.717) is 0 Å². The largest absolute Gasteiger partial charge is 0.388 e. The quantitative estimate of drug-likeness (QED) is 0.286. The van der Waals surface area contributed by atoms with E-state index in [1.54, 1.807) is 13.0 Å². The van der Waals surface area contributed by atoms with Crippen molar-refractivity contribution >= 4 is 9.24 Å². The van der Waals surface area contributed by atoms with Gasteiger partial charge in [-0.15, -0.1) is 9.24 Å². The molecule has 0 aromatic carbocycles. The first-order valence-corrected chi connectivity index (χ1v) is 6.92. The van der Waals surface area contributed by atoms with Crippen LogP contribution in [0.1, 0.15) is 20.8 Å². The average molecular weight is 309 g/mol. The standard InChI is InChI=1S/C12H24NO6P/c1-8(20)19-10(7-18-12(2,3)16)11(15)9(14)6-17-5-4-13/h8-11,14-16H,5-7,20H2,1-3H3/t8-,9-,10+,11-/m1/s1. The van der Waals surface area contributed by atoms with Gasteiger partial charge in [0.15, 0.2) is 5.79 Å². The van der Waals surface area contributed by atoms with Crippen LogP contribution in [0.25, 0.3) is 0 Å². The first kappa shape index (κ1) is 19.7. The monoisotopic (exact) mass is 309 g/mol. The number of ether oxygens (including phenoxy) is 3. The topological polar surface area (TPSA) is 112 Å². The molecule has 7 nitrogen and oxygen atoms in total. The number of hydrogen-bond donors (Lipinski definition) is 3. The maximum absolute atomic E-state index is 10.0. The molecule has 118 valence electrons. The molecule has 3 N–H and O–H groups in total. The van der Waals surface area contributed by atoms with Crippen LogP contribution in [0.3, 0.4) is 0 Å². The summed E-state index contributed by atoms with van der Waals surface area (Å²) in [5.41, 5.74) is 0. The third-order valence-electron chi connectivity index (χ3n) is 2.22. The van der Waals surface area contributed by atoms with E-state index in [9.17, 15) is 15.3 Å². The van der Waals surface area contributed by atoms with Crippen molar-refractivity contribution < 1.29 is 29.5 Å². The summed E-state index contributed by atoms with van der Waals surface area (Å²) in [4.78, 5) is 0. The molecular formula is C12H24NO6P. The molecule has 0 fully saturated rings. The fourth-order valence-electron chi connectivity index (χ4n) is 1.35. The lowest BCUT2D eigenvalue weighted by Crippen LogP contribution is -2.46. The van der Waals surface area contributed by atoms with Crippen LogP contribution in [0.4, 0.5) is 0 Å². The number of rotatable bonds is 10. The van der Waals surface area contributed by atoms with Gasteiger partial charge in [0, 0.05) is 0 Å². The Morgan fingerprint density at radius 1 is 1.30 bits per heavy atom. The van der Waals surface area contributed by atoms with Gasteiger partial charge >= 0.3 is 0 Å². The van der Waals surface area contributed by atoms with E-state index in [-0.39, 0.29) is 25.7 Å². The highest BCUT2D eigenvalue weighted by Crippen LogP contribution is 2.15. The molecule has 0 saturated carbocycles. The molecule has 0 rings (SSSR count). The van der Waals surface area contributed by atoms with Gasteiger partial charge in [-0.2, -0.15) is 5.26 Å². The first-order chi connectivity index (χ1) is 9.17. The summed E-state index contributed by atoms with van der Waals surface area (Å²) in [7, 11) is 2.40. The molecule has 0 aliphatic rings. The summed E-state index contributed by atoms with van der Waals surface area (Å²) < 4.78 is 15.4. The number of nitriles is 1. The second-order valence-electron chi connectivity index (χ2n) is 4.87. The second kappa shape index (κ2) is 9.59. The highest BCUT2D eigenvalue weighted by atomic mass is 31.0. The maximum Gasteiger partial charge on any atom is 0.159 e. The van der Waals surface area contributed by atoms with Crippen molar-refractivity contribution in [3.63, 3.8) is 0 Å². The van der Waals surface area contributed by atoms with Crippen LogP contribution in [0, 0.1) is 11.3 Å². The van der Waals surface area contributed by atoms with Crippen LogP contribution in [0.2, 0.25) is 0 Å². The van der Waals surface area contributed by atoms with E-state index < -0.39 is 24.1 Å². The van der Waals surface area contributed by atoms with Crippen molar-refractivity contribution in [2.24, 2.45) is 0 Å². The highest BCUT2D eigenvalue weighted by molar-refractivity contribution is 7.17. The van der Waals surface area contributed by atoms with Crippen molar-refractivity contribution in [1.82, 2.24) is 0 Å². The van der Waals surface area contributed by atoms with Crippen molar-refractivity contribution in [3.8, 4) is 6.07 Å². The minimum Gasteiger partial charge on any atom is -0.388 e. The summed E-state index contributed by atoms with van der Waals surface area (Å²) in [5.74, 6) is -1.64. The molecule has 0 aliphatic carbocycles. The molecule has 8 heteroatoms. The zero-order valence-electron chi connectivity index (χ0n) is 12.0. The lowest BCUT2D eigenvalue weighted by molar-refractivity contribution is -0.213. The van der Waals surface area contributed by atoms with Crippen LogP contribution in [0.15, 0.2) is 0 Å². The Morgan fingerprint density at radius 3 is 2.35 bits per heavy atom. The molecule has 0 bridgehead atoms. The molecule has 0 radical (unpaired) electrons. The third-order valence-corrected chi connectivity index (χ3v) is 2.38. The lowest BCUT2D eigenvalue weighted by Gasteiger charge is -2.30. The molecule has 5 atom stereocenters. The molecule has 1 unspecified atom stereocenters. The number of aliphatic hydroxyl groups is 3. The molecule has 0 amide bonds. The average Bonchev–Trinajstić information content (AvgIpc) is 2.32. The van der Waals surface area contributed by atoms with Gasteiger partial charge in [-0.05, 0) is 20.8 Å². The Bertz CT molecular complexity index is 301. The summed E-state index contributed by atoms with van der Waals surface area (Å²) in [6.07, 6.45) is -3.32. The van der Waals surface area contributed by atoms with Gasteiger partial charge in [0.25, 0.3) is 0 Å². The van der Waals surface area contributed by atoms with Gasteiger partial charge in [-0.25, -0.2) is 0 Å². The highest BCUT2D eigenvalue weighted by Gasteiger charge is 2.30. The van der Waals surface area contributed by atoms with Crippen LogP contribution >= 0.6 is 9.24 Å². The molecule has 0 aliphatic heterocycles. The van der Waals surface area contributed by atoms with E-state index in [1.165, 1.54) is 13.8 Å². The summed E-state index contributed by atoms with van der Waals surface area (Å²) >= 11 is 0. The van der Waals surface area contributed by atoms with Crippen molar-refractivity contribution in [1.29, 1.82) is 5.26 Å². The van der Waals surface area contributed by atoms with Crippen LogP contribution in [0.5, 0.6) is 0 Å². The van der Waals surface area contributed by atoms with Gasteiger partial charge in [0.05, 0.1) is 25.1 Å². The lowest BCUT2D eigenvalue weighted by atomic mass is 10.1. The van der Waals surface area contributed by atoms with E-state index >= 15 is 0 Å². The molecule has 0 aromatic heterocycles. The molecule has 0 saturated heterocycles. The van der Waals surface area contributed by atoms with Crippen LogP contribution < -0.4 is 0 Å². The molecule has 0 aromatic rings. The fourth-order valence-corrected chi connectivity index (χ4v) is 1.55. The molecule has 20 heavy (non-hydrogen) atoms. The Balaban J connectivity index is 4.46. The Labute approximate surface area is 121 Å². The smallest absolute Gasteiger partial charge is 0.159 e. The summed E-state index contributed by atoms with van der Waals surface area (Å²) in [6.45, 7) is 4.18. The summed E-state index contributed by atoms with van der Waals surface area (Å²) in [5, 5.41) is 37.6. The SMILES string of the molecule is C[C@@H](P)O[C@@H](COC(C)(C)O)[C@H](O)[C@H](O)COCC#N. The van der Waals surface area contributed by atoms with Crippen molar-refractivity contribution in [2.75, 3.05) is 19.8 Å². The zero-order valence-corrected chi connectivity index (χ0v) is 13.2. The Kier molecular flexibility index (Phi) is 9.43. The maximum atomic E-state index is 10.0. The third kappa shape index (κ3) is 9.56. The predicted molar refractivity (Wildman–Crippen MR) is 74.7 cm³/mol. The number of hydrogen-bond acceptors (Lipinski definition) is 7. The molecular weight excluding hydrogens is 285 g/mol. The molecule has 0 spiro atoms. The van der Waals surface area contributed by atoms with E-state index in [4.69, 9.17) is 19.5 Å². The van der Waals surface area contributed by atoms with Crippen molar-refractivity contribution in [2.45, 2.75) is 50.7 Å². The van der Waals surface area contributed by atoms with Crippen molar-refractivity contribution in [3.05, 3.63) is 0 Å².